The highest BCUT2D eigenvalue weighted by Gasteiger charge is 2.17. The Labute approximate surface area is 150 Å². The molecule has 2 aromatic heterocycles. The summed E-state index contributed by atoms with van der Waals surface area (Å²) < 4.78 is 5.31. The van der Waals surface area contributed by atoms with E-state index < -0.39 is 0 Å². The van der Waals surface area contributed by atoms with Gasteiger partial charge in [-0.15, -0.1) is 0 Å². The van der Waals surface area contributed by atoms with Crippen LogP contribution in [0.3, 0.4) is 0 Å². The summed E-state index contributed by atoms with van der Waals surface area (Å²) in [6.07, 6.45) is 2.42. The molecule has 0 unspecified atom stereocenters. The molecular formula is C20H18N4O2. The van der Waals surface area contributed by atoms with Gasteiger partial charge in [-0.3, -0.25) is 4.79 Å². The molecule has 2 N–H and O–H groups in total. The number of benzene rings is 2. The molecule has 1 atom stereocenters. The Hall–Kier alpha value is -3.41. The lowest BCUT2D eigenvalue weighted by Crippen LogP contribution is -2.27. The standard InChI is InChI=1S/C20H18N4O2/c1-13(19-23-18(26-24-19)11-14-5-3-2-4-6-14)22-20(25)16-7-8-17-15(12-16)9-10-21-17/h2-10,12-13,21H,11H2,1H3,(H,22,25)/t13-/m0/s1. The Bertz CT molecular complexity index is 1040. The molecule has 0 bridgehead atoms. The van der Waals surface area contributed by atoms with Crippen LogP contribution < -0.4 is 5.32 Å². The summed E-state index contributed by atoms with van der Waals surface area (Å²) in [7, 11) is 0. The molecule has 6 heteroatoms. The Morgan fingerprint density at radius 1 is 1.19 bits per heavy atom. The summed E-state index contributed by atoms with van der Waals surface area (Å²) in [5, 5.41) is 7.90. The van der Waals surface area contributed by atoms with Gasteiger partial charge < -0.3 is 14.8 Å². The number of carbonyl (C=O) groups is 1. The Morgan fingerprint density at radius 3 is 2.88 bits per heavy atom. The fourth-order valence-electron chi connectivity index (χ4n) is 2.83. The van der Waals surface area contributed by atoms with Crippen molar-refractivity contribution in [2.45, 2.75) is 19.4 Å². The van der Waals surface area contributed by atoms with E-state index in [-0.39, 0.29) is 11.9 Å². The van der Waals surface area contributed by atoms with Crippen LogP contribution in [0.5, 0.6) is 0 Å². The van der Waals surface area contributed by atoms with E-state index in [9.17, 15) is 4.79 Å². The molecule has 0 spiro atoms. The van der Waals surface area contributed by atoms with Crippen molar-refractivity contribution in [3.8, 4) is 0 Å². The molecule has 2 heterocycles. The van der Waals surface area contributed by atoms with Gasteiger partial charge in [0.2, 0.25) is 5.89 Å². The van der Waals surface area contributed by atoms with Crippen LogP contribution >= 0.6 is 0 Å². The first-order valence-corrected chi connectivity index (χ1v) is 8.43. The number of carbonyl (C=O) groups excluding carboxylic acids is 1. The van der Waals surface area contributed by atoms with Crippen LogP contribution in [0, 0.1) is 0 Å². The van der Waals surface area contributed by atoms with E-state index >= 15 is 0 Å². The molecule has 0 saturated heterocycles. The molecule has 0 aliphatic carbocycles. The highest BCUT2D eigenvalue weighted by atomic mass is 16.5. The van der Waals surface area contributed by atoms with E-state index in [1.807, 2.05) is 61.7 Å². The number of nitrogens with zero attached hydrogens (tertiary/aromatic N) is 2. The van der Waals surface area contributed by atoms with Gasteiger partial charge in [-0.1, -0.05) is 35.5 Å². The second kappa shape index (κ2) is 6.84. The fraction of sp³-hybridized carbons (Fsp3) is 0.150. The van der Waals surface area contributed by atoms with Crippen molar-refractivity contribution in [2.24, 2.45) is 0 Å². The van der Waals surface area contributed by atoms with E-state index in [1.54, 1.807) is 6.07 Å². The van der Waals surface area contributed by atoms with E-state index in [0.717, 1.165) is 16.5 Å². The Kier molecular flexibility index (Phi) is 4.23. The summed E-state index contributed by atoms with van der Waals surface area (Å²) in [5.41, 5.74) is 2.69. The summed E-state index contributed by atoms with van der Waals surface area (Å²) in [5.74, 6) is 0.822. The first-order valence-electron chi connectivity index (χ1n) is 8.43. The van der Waals surface area contributed by atoms with E-state index in [2.05, 4.69) is 20.4 Å². The Balaban J connectivity index is 1.44. The normalized spacial score (nSPS) is 12.2. The van der Waals surface area contributed by atoms with Crippen molar-refractivity contribution < 1.29 is 9.32 Å². The predicted molar refractivity (Wildman–Crippen MR) is 97.7 cm³/mol. The number of aromatic amines is 1. The van der Waals surface area contributed by atoms with E-state index in [4.69, 9.17) is 4.52 Å². The molecule has 0 aliphatic heterocycles. The van der Waals surface area contributed by atoms with Crippen LogP contribution in [-0.4, -0.2) is 21.0 Å². The highest BCUT2D eigenvalue weighted by molar-refractivity contribution is 5.98. The molecule has 0 fully saturated rings. The van der Waals surface area contributed by atoms with Crippen LogP contribution in [0.1, 0.15) is 40.6 Å². The highest BCUT2D eigenvalue weighted by Crippen LogP contribution is 2.16. The molecule has 130 valence electrons. The number of rotatable bonds is 5. The summed E-state index contributed by atoms with van der Waals surface area (Å²) in [4.78, 5) is 20.0. The van der Waals surface area contributed by atoms with Crippen LogP contribution in [0.25, 0.3) is 10.9 Å². The fourth-order valence-corrected chi connectivity index (χ4v) is 2.83. The second-order valence-electron chi connectivity index (χ2n) is 6.18. The van der Waals surface area contributed by atoms with Gasteiger partial charge in [0.05, 0.1) is 12.5 Å². The van der Waals surface area contributed by atoms with Crippen molar-refractivity contribution >= 4 is 16.8 Å². The van der Waals surface area contributed by atoms with Crippen molar-refractivity contribution in [2.75, 3.05) is 0 Å². The molecule has 4 rings (SSSR count). The smallest absolute Gasteiger partial charge is 0.251 e. The van der Waals surface area contributed by atoms with Crippen LogP contribution in [0.15, 0.2) is 65.3 Å². The van der Waals surface area contributed by atoms with Gasteiger partial charge in [-0.2, -0.15) is 4.98 Å². The second-order valence-corrected chi connectivity index (χ2v) is 6.18. The lowest BCUT2D eigenvalue weighted by atomic mass is 10.1. The monoisotopic (exact) mass is 346 g/mol. The number of H-pyrrole nitrogens is 1. The molecule has 4 aromatic rings. The van der Waals surface area contributed by atoms with Gasteiger partial charge >= 0.3 is 0 Å². The minimum Gasteiger partial charge on any atom is -0.361 e. The molecule has 0 aliphatic rings. The van der Waals surface area contributed by atoms with Gasteiger partial charge in [0.25, 0.3) is 5.91 Å². The number of amides is 1. The van der Waals surface area contributed by atoms with E-state index in [0.29, 0.717) is 23.7 Å². The average molecular weight is 346 g/mol. The minimum atomic E-state index is -0.349. The van der Waals surface area contributed by atoms with Gasteiger partial charge in [-0.05, 0) is 36.8 Å². The molecular weight excluding hydrogens is 328 g/mol. The number of aromatic nitrogens is 3. The molecule has 1 amide bonds. The number of nitrogens with one attached hydrogen (secondary N) is 2. The zero-order valence-corrected chi connectivity index (χ0v) is 14.3. The van der Waals surface area contributed by atoms with Gasteiger partial charge in [0.1, 0.15) is 0 Å². The maximum absolute atomic E-state index is 12.5. The summed E-state index contributed by atoms with van der Waals surface area (Å²) in [6, 6.07) is 17.0. The van der Waals surface area contributed by atoms with Crippen molar-refractivity contribution in [3.05, 3.63) is 83.6 Å². The molecule has 26 heavy (non-hydrogen) atoms. The third kappa shape index (κ3) is 3.35. The number of fused-ring (bicyclic) bond motifs is 1. The van der Waals surface area contributed by atoms with E-state index in [1.165, 1.54) is 0 Å². The van der Waals surface area contributed by atoms with Crippen molar-refractivity contribution in [3.63, 3.8) is 0 Å². The number of hydrogen-bond acceptors (Lipinski definition) is 4. The molecule has 2 aromatic carbocycles. The lowest BCUT2D eigenvalue weighted by Gasteiger charge is -2.10. The maximum atomic E-state index is 12.5. The largest absolute Gasteiger partial charge is 0.361 e. The quantitative estimate of drug-likeness (QED) is 0.578. The molecule has 0 saturated carbocycles. The average Bonchev–Trinajstić information content (AvgIpc) is 3.31. The van der Waals surface area contributed by atoms with Gasteiger partial charge in [-0.25, -0.2) is 0 Å². The third-order valence-corrected chi connectivity index (χ3v) is 4.23. The Morgan fingerprint density at radius 2 is 2.04 bits per heavy atom. The molecule has 6 nitrogen and oxygen atoms in total. The van der Waals surface area contributed by atoms with Crippen LogP contribution in [0.2, 0.25) is 0 Å². The lowest BCUT2D eigenvalue weighted by molar-refractivity contribution is 0.0938. The van der Waals surface area contributed by atoms with Crippen LogP contribution in [-0.2, 0) is 6.42 Å². The predicted octanol–water partition coefficient (Wildman–Crippen LogP) is 3.63. The number of hydrogen-bond donors (Lipinski definition) is 2. The first kappa shape index (κ1) is 16.1. The zero-order chi connectivity index (χ0) is 17.9. The molecule has 0 radical (unpaired) electrons. The SMILES string of the molecule is C[C@H](NC(=O)c1ccc2[nH]ccc2c1)c1noc(Cc2ccccc2)n1. The van der Waals surface area contributed by atoms with Crippen LogP contribution in [0.4, 0.5) is 0 Å². The summed E-state index contributed by atoms with van der Waals surface area (Å²) >= 11 is 0. The topological polar surface area (TPSA) is 83.8 Å². The first-order chi connectivity index (χ1) is 12.7. The van der Waals surface area contributed by atoms with Gasteiger partial charge in [0, 0.05) is 22.7 Å². The maximum Gasteiger partial charge on any atom is 0.251 e. The zero-order valence-electron chi connectivity index (χ0n) is 14.3. The van der Waals surface area contributed by atoms with Crippen molar-refractivity contribution in [1.29, 1.82) is 0 Å². The van der Waals surface area contributed by atoms with Gasteiger partial charge in [0.15, 0.2) is 5.82 Å². The minimum absolute atomic E-state index is 0.171. The summed E-state index contributed by atoms with van der Waals surface area (Å²) in [6.45, 7) is 1.84. The third-order valence-electron chi connectivity index (χ3n) is 4.23. The van der Waals surface area contributed by atoms with Crippen molar-refractivity contribution in [1.82, 2.24) is 20.4 Å².